The molecule has 0 spiro atoms. The molecule has 3 amide bonds. The third kappa shape index (κ3) is 5.57. The van der Waals surface area contributed by atoms with E-state index < -0.39 is 27.9 Å². The van der Waals surface area contributed by atoms with E-state index in [1.165, 1.54) is 51.9 Å². The first-order valence-corrected chi connectivity index (χ1v) is 14.1. The number of benzene rings is 2. The number of nitrogens with zero attached hydrogens (tertiary/aromatic N) is 2. The van der Waals surface area contributed by atoms with Gasteiger partial charge in [-0.1, -0.05) is 37.3 Å². The second-order valence-corrected chi connectivity index (χ2v) is 11.7. The van der Waals surface area contributed by atoms with Crippen LogP contribution in [0, 0.1) is 0 Å². The highest BCUT2D eigenvalue weighted by atomic mass is 32.2. The molecule has 10 nitrogen and oxygen atoms in total. The number of anilines is 1. The number of nitrogens with one attached hydrogen (secondary N) is 1. The lowest BCUT2D eigenvalue weighted by molar-refractivity contribution is 0.0999. The predicted molar refractivity (Wildman–Crippen MR) is 143 cm³/mol. The Morgan fingerprint density at radius 1 is 1.11 bits per heavy atom. The molecule has 0 saturated heterocycles. The number of hydrogen-bond acceptors (Lipinski definition) is 7. The summed E-state index contributed by atoms with van der Waals surface area (Å²) in [6.07, 6.45) is -0.0749. The maximum absolute atomic E-state index is 13.2. The van der Waals surface area contributed by atoms with Crippen molar-refractivity contribution in [3.8, 4) is 0 Å². The zero-order chi connectivity index (χ0) is 27.4. The lowest BCUT2D eigenvalue weighted by Crippen LogP contribution is -2.35. The van der Waals surface area contributed by atoms with Crippen molar-refractivity contribution in [1.29, 1.82) is 0 Å². The zero-order valence-electron chi connectivity index (χ0n) is 21.0. The fourth-order valence-electron chi connectivity index (χ4n) is 4.29. The highest BCUT2D eigenvalue weighted by Gasteiger charge is 2.30. The Morgan fingerprint density at radius 2 is 1.79 bits per heavy atom. The van der Waals surface area contributed by atoms with Crippen LogP contribution in [-0.2, 0) is 34.3 Å². The van der Waals surface area contributed by atoms with Crippen molar-refractivity contribution < 1.29 is 27.5 Å². The van der Waals surface area contributed by atoms with Crippen molar-refractivity contribution in [2.24, 2.45) is 5.73 Å². The first-order chi connectivity index (χ1) is 18.1. The molecule has 0 aliphatic carbocycles. The van der Waals surface area contributed by atoms with Gasteiger partial charge in [-0.2, -0.15) is 4.31 Å². The van der Waals surface area contributed by atoms with Crippen LogP contribution < -0.4 is 11.1 Å². The zero-order valence-corrected chi connectivity index (χ0v) is 22.6. The normalized spacial score (nSPS) is 13.2. The molecular formula is C26H28N4O6S2. The third-order valence-corrected chi connectivity index (χ3v) is 9.34. The molecule has 0 atom stereocenters. The number of fused-ring (bicyclic) bond motifs is 1. The Kier molecular flexibility index (Phi) is 8.14. The monoisotopic (exact) mass is 556 g/mol. The molecule has 200 valence electrons. The fraction of sp³-hybridized carbons (Fsp3) is 0.269. The molecular weight excluding hydrogens is 528 g/mol. The number of sulfonamides is 1. The Bertz CT molecular complexity index is 1450. The Hall–Kier alpha value is -3.74. The summed E-state index contributed by atoms with van der Waals surface area (Å²) in [5, 5.41) is 3.02. The Balaban J connectivity index is 1.52. The lowest BCUT2D eigenvalue weighted by Gasteiger charge is -2.25. The van der Waals surface area contributed by atoms with Crippen LogP contribution in [0.2, 0.25) is 0 Å². The number of primary amides is 1. The van der Waals surface area contributed by atoms with Gasteiger partial charge in [0, 0.05) is 30.1 Å². The number of carbonyl (C=O) groups is 3. The largest absolute Gasteiger partial charge is 0.453 e. The van der Waals surface area contributed by atoms with Crippen LogP contribution in [-0.4, -0.2) is 55.7 Å². The second-order valence-electron chi connectivity index (χ2n) is 8.61. The fourth-order valence-corrected chi connectivity index (χ4v) is 6.99. The van der Waals surface area contributed by atoms with E-state index in [9.17, 15) is 22.8 Å². The van der Waals surface area contributed by atoms with Gasteiger partial charge in [-0.25, -0.2) is 13.2 Å². The number of hydrogen-bond donors (Lipinski definition) is 2. The number of nitrogens with two attached hydrogens (primary N) is 1. The van der Waals surface area contributed by atoms with Crippen molar-refractivity contribution >= 4 is 44.3 Å². The molecule has 0 bridgehead atoms. The molecule has 38 heavy (non-hydrogen) atoms. The third-order valence-electron chi connectivity index (χ3n) is 6.27. The molecule has 1 aliphatic heterocycles. The van der Waals surface area contributed by atoms with Gasteiger partial charge in [0.2, 0.25) is 10.0 Å². The summed E-state index contributed by atoms with van der Waals surface area (Å²) >= 11 is 1.18. The summed E-state index contributed by atoms with van der Waals surface area (Å²) < 4.78 is 32.6. The minimum absolute atomic E-state index is 0.0687. The van der Waals surface area contributed by atoms with Crippen molar-refractivity contribution in [3.05, 3.63) is 81.7 Å². The molecule has 12 heteroatoms. The second kappa shape index (κ2) is 11.3. The lowest BCUT2D eigenvalue weighted by atomic mass is 10.0. The SMILES string of the molecule is CCN(Cc1ccccc1)S(=O)(=O)c1ccc(C(=O)Nc2sc3c(c2C(N)=O)CCN(C(=O)OC)C3)cc1. The molecule has 1 aromatic heterocycles. The summed E-state index contributed by atoms with van der Waals surface area (Å²) in [6.45, 7) is 2.88. The van der Waals surface area contributed by atoms with Gasteiger partial charge < -0.3 is 20.7 Å². The number of methoxy groups -OCH3 is 1. The number of amides is 3. The van der Waals surface area contributed by atoms with Gasteiger partial charge in [-0.05, 0) is 41.8 Å². The van der Waals surface area contributed by atoms with Gasteiger partial charge in [-0.3, -0.25) is 9.59 Å². The molecule has 3 N–H and O–H groups in total. The topological polar surface area (TPSA) is 139 Å². The van der Waals surface area contributed by atoms with Gasteiger partial charge in [0.25, 0.3) is 11.8 Å². The first kappa shape index (κ1) is 27.3. The molecule has 2 heterocycles. The van der Waals surface area contributed by atoms with Crippen molar-refractivity contribution in [3.63, 3.8) is 0 Å². The summed E-state index contributed by atoms with van der Waals surface area (Å²) in [5.74, 6) is -1.19. The van der Waals surface area contributed by atoms with E-state index in [0.29, 0.717) is 18.5 Å². The van der Waals surface area contributed by atoms with Crippen LogP contribution in [0.1, 0.15) is 43.6 Å². The van der Waals surface area contributed by atoms with Crippen LogP contribution in [0.15, 0.2) is 59.5 Å². The minimum Gasteiger partial charge on any atom is -0.453 e. The smallest absolute Gasteiger partial charge is 0.409 e. The van der Waals surface area contributed by atoms with E-state index in [0.717, 1.165) is 10.4 Å². The van der Waals surface area contributed by atoms with E-state index in [1.54, 1.807) is 6.92 Å². The standard InChI is InChI=1S/C26H28N4O6S2/c1-3-30(15-17-7-5-4-6-8-17)38(34,35)19-11-9-18(10-12-19)24(32)28-25-22(23(27)31)20-13-14-29(26(33)36-2)16-21(20)37-25/h4-12H,3,13-16H2,1-2H3,(H2,27,31)(H,28,32). The van der Waals surface area contributed by atoms with Crippen LogP contribution in [0.4, 0.5) is 9.80 Å². The van der Waals surface area contributed by atoms with Crippen molar-refractivity contribution in [2.75, 3.05) is 25.5 Å². The summed E-state index contributed by atoms with van der Waals surface area (Å²) in [7, 11) is -2.49. The molecule has 1 aliphatic rings. The highest BCUT2D eigenvalue weighted by molar-refractivity contribution is 7.89. The van der Waals surface area contributed by atoms with Crippen molar-refractivity contribution in [1.82, 2.24) is 9.21 Å². The average Bonchev–Trinajstić information content (AvgIpc) is 3.28. The van der Waals surface area contributed by atoms with E-state index in [2.05, 4.69) is 5.32 Å². The molecule has 0 radical (unpaired) electrons. The number of rotatable bonds is 8. The number of carbonyl (C=O) groups excluding carboxylic acids is 3. The number of ether oxygens (including phenoxy) is 1. The predicted octanol–water partition coefficient (Wildman–Crippen LogP) is 3.43. The van der Waals surface area contributed by atoms with Crippen molar-refractivity contribution in [2.45, 2.75) is 31.3 Å². The molecule has 0 saturated carbocycles. The summed E-state index contributed by atoms with van der Waals surface area (Å²) in [5.41, 5.74) is 7.64. The summed E-state index contributed by atoms with van der Waals surface area (Å²) in [4.78, 5) is 39.5. The maximum atomic E-state index is 13.2. The van der Waals surface area contributed by atoms with Crippen LogP contribution in [0.25, 0.3) is 0 Å². The minimum atomic E-state index is -3.79. The van der Waals surface area contributed by atoms with Crippen LogP contribution in [0.5, 0.6) is 0 Å². The highest BCUT2D eigenvalue weighted by Crippen LogP contribution is 2.37. The van der Waals surface area contributed by atoms with Gasteiger partial charge in [0.1, 0.15) is 5.00 Å². The van der Waals surface area contributed by atoms with E-state index in [4.69, 9.17) is 10.5 Å². The summed E-state index contributed by atoms with van der Waals surface area (Å²) in [6, 6.07) is 14.9. The maximum Gasteiger partial charge on any atom is 0.409 e. The Labute approximate surface area is 225 Å². The van der Waals surface area contributed by atoms with Gasteiger partial charge in [0.15, 0.2) is 0 Å². The van der Waals surface area contributed by atoms with Gasteiger partial charge in [0.05, 0.1) is 24.1 Å². The van der Waals surface area contributed by atoms with Crippen LogP contribution >= 0.6 is 11.3 Å². The molecule has 0 unspecified atom stereocenters. The molecule has 2 aromatic carbocycles. The van der Waals surface area contributed by atoms with Gasteiger partial charge in [-0.15, -0.1) is 11.3 Å². The Morgan fingerprint density at radius 3 is 2.39 bits per heavy atom. The van der Waals surface area contributed by atoms with E-state index in [-0.39, 0.29) is 40.7 Å². The number of thiophene rings is 1. The molecule has 0 fully saturated rings. The first-order valence-electron chi connectivity index (χ1n) is 11.9. The van der Waals surface area contributed by atoms with Crippen LogP contribution in [0.3, 0.4) is 0 Å². The molecule has 3 aromatic rings. The molecule has 4 rings (SSSR count). The van der Waals surface area contributed by atoms with E-state index in [1.807, 2.05) is 30.3 Å². The quantitative estimate of drug-likeness (QED) is 0.436. The van der Waals surface area contributed by atoms with Gasteiger partial charge >= 0.3 is 6.09 Å². The van der Waals surface area contributed by atoms with E-state index >= 15 is 0 Å². The average molecular weight is 557 g/mol.